The third-order valence-corrected chi connectivity index (χ3v) is 4.36. The molecule has 2 heterocycles. The first kappa shape index (κ1) is 20.3. The second kappa shape index (κ2) is 6.26. The lowest BCUT2D eigenvalue weighted by Gasteiger charge is -2.47. The first-order valence-electron chi connectivity index (χ1n) is 8.38. The lowest BCUT2D eigenvalue weighted by molar-refractivity contribution is -0.236. The molecule has 0 aromatic heterocycles. The van der Waals surface area contributed by atoms with Crippen LogP contribution in [0.25, 0.3) is 0 Å². The van der Waals surface area contributed by atoms with Crippen LogP contribution in [-0.2, 0) is 9.59 Å². The molecule has 0 aliphatic carbocycles. The van der Waals surface area contributed by atoms with Crippen LogP contribution in [0.4, 0.5) is 0 Å². The molecule has 0 aromatic rings. The molecule has 2 aliphatic heterocycles. The Bertz CT molecular complexity index is 441. The number of nitrogens with zero attached hydrogens (tertiary/aromatic N) is 1. The molecule has 0 bridgehead atoms. The number of piperidine rings is 2. The lowest BCUT2D eigenvalue weighted by atomic mass is 9.81. The highest BCUT2D eigenvalue weighted by Crippen LogP contribution is 2.34. The molecule has 2 fully saturated rings. The zero-order chi connectivity index (χ0) is 18.3. The van der Waals surface area contributed by atoms with E-state index in [9.17, 15) is 14.8 Å². The Morgan fingerprint density at radius 2 is 1.04 bits per heavy atom. The summed E-state index contributed by atoms with van der Waals surface area (Å²) in [5.41, 5.74) is -0.866. The van der Waals surface area contributed by atoms with Gasteiger partial charge in [-0.1, -0.05) is 0 Å². The summed E-state index contributed by atoms with van der Waals surface area (Å²) in [4.78, 5) is 22.6. The SMILES string of the molecule is CC1(C)CC(=O)CC(C)(C)N1.CC1(C)CC(=O)CC(C)(C)N1O. The zero-order valence-corrected chi connectivity index (χ0v) is 16.0. The van der Waals surface area contributed by atoms with Crippen molar-refractivity contribution >= 4 is 11.6 Å². The fourth-order valence-corrected chi connectivity index (χ4v) is 4.05. The molecule has 5 heteroatoms. The van der Waals surface area contributed by atoms with Crippen molar-refractivity contribution in [2.24, 2.45) is 0 Å². The van der Waals surface area contributed by atoms with E-state index in [4.69, 9.17) is 0 Å². The third kappa shape index (κ3) is 5.66. The number of hydrogen-bond acceptors (Lipinski definition) is 5. The molecule has 2 saturated heterocycles. The van der Waals surface area contributed by atoms with Crippen LogP contribution in [0.2, 0.25) is 0 Å². The molecule has 0 spiro atoms. The van der Waals surface area contributed by atoms with Gasteiger partial charge in [-0.2, -0.15) is 5.06 Å². The van der Waals surface area contributed by atoms with Crippen molar-refractivity contribution in [3.05, 3.63) is 0 Å². The van der Waals surface area contributed by atoms with Crippen LogP contribution >= 0.6 is 0 Å². The average molecular weight is 326 g/mol. The lowest BCUT2D eigenvalue weighted by Crippen LogP contribution is -2.59. The topological polar surface area (TPSA) is 69.6 Å². The fraction of sp³-hybridized carbons (Fsp3) is 0.889. The Morgan fingerprint density at radius 1 is 0.739 bits per heavy atom. The number of carbonyl (C=O) groups excluding carboxylic acids is 2. The Kier molecular flexibility index (Phi) is 5.52. The number of hydrogen-bond donors (Lipinski definition) is 2. The molecule has 2 rings (SSSR count). The summed E-state index contributed by atoms with van der Waals surface area (Å²) in [5.74, 6) is 0.606. The highest BCUT2D eigenvalue weighted by Gasteiger charge is 2.44. The monoisotopic (exact) mass is 326 g/mol. The summed E-state index contributed by atoms with van der Waals surface area (Å²) in [6.07, 6.45) is 2.20. The number of carbonyl (C=O) groups is 2. The summed E-state index contributed by atoms with van der Waals surface area (Å²) in [6, 6.07) is 0. The van der Waals surface area contributed by atoms with Crippen molar-refractivity contribution < 1.29 is 14.8 Å². The van der Waals surface area contributed by atoms with E-state index in [0.717, 1.165) is 0 Å². The minimum Gasteiger partial charge on any atom is -0.313 e. The van der Waals surface area contributed by atoms with Gasteiger partial charge in [-0.3, -0.25) is 9.59 Å². The Morgan fingerprint density at radius 3 is 1.35 bits per heavy atom. The summed E-state index contributed by atoms with van der Waals surface area (Å²) in [5, 5.41) is 14.5. The smallest absolute Gasteiger partial charge is 0.136 e. The van der Waals surface area contributed by atoms with Crippen molar-refractivity contribution in [2.45, 2.75) is 103 Å². The van der Waals surface area contributed by atoms with Gasteiger partial charge in [0.15, 0.2) is 0 Å². The van der Waals surface area contributed by atoms with Crippen LogP contribution in [-0.4, -0.2) is 44.0 Å². The van der Waals surface area contributed by atoms with Gasteiger partial charge >= 0.3 is 0 Å². The molecule has 0 unspecified atom stereocenters. The second-order valence-corrected chi connectivity index (χ2v) is 9.61. The third-order valence-electron chi connectivity index (χ3n) is 4.36. The van der Waals surface area contributed by atoms with Gasteiger partial charge in [0.05, 0.1) is 0 Å². The number of ketones is 2. The van der Waals surface area contributed by atoms with Crippen molar-refractivity contribution in [1.82, 2.24) is 10.4 Å². The van der Waals surface area contributed by atoms with Gasteiger partial charge in [0.25, 0.3) is 0 Å². The van der Waals surface area contributed by atoms with Crippen LogP contribution < -0.4 is 5.32 Å². The molecule has 2 aliphatic rings. The molecule has 2 N–H and O–H groups in total. The Labute approximate surface area is 140 Å². The van der Waals surface area contributed by atoms with Crippen LogP contribution in [0.3, 0.4) is 0 Å². The van der Waals surface area contributed by atoms with E-state index in [1.807, 2.05) is 27.7 Å². The van der Waals surface area contributed by atoms with E-state index in [1.165, 1.54) is 5.06 Å². The van der Waals surface area contributed by atoms with E-state index in [1.54, 1.807) is 0 Å². The van der Waals surface area contributed by atoms with Gasteiger partial charge in [0.2, 0.25) is 0 Å². The minimum atomic E-state index is -0.418. The zero-order valence-electron chi connectivity index (χ0n) is 16.0. The second-order valence-electron chi connectivity index (χ2n) is 9.61. The number of rotatable bonds is 0. The van der Waals surface area contributed by atoms with Gasteiger partial charge < -0.3 is 10.5 Å². The van der Waals surface area contributed by atoms with E-state index < -0.39 is 11.1 Å². The molecule has 0 aromatic carbocycles. The predicted octanol–water partition coefficient (Wildman–Crippen LogP) is 3.09. The quantitative estimate of drug-likeness (QED) is 0.716. The fourth-order valence-electron chi connectivity index (χ4n) is 4.05. The largest absolute Gasteiger partial charge is 0.313 e. The van der Waals surface area contributed by atoms with Gasteiger partial charge in [-0.05, 0) is 55.4 Å². The van der Waals surface area contributed by atoms with Crippen LogP contribution in [0.15, 0.2) is 0 Å². The molecule has 5 nitrogen and oxygen atoms in total. The highest BCUT2D eigenvalue weighted by atomic mass is 16.5. The van der Waals surface area contributed by atoms with Crippen molar-refractivity contribution in [3.8, 4) is 0 Å². The summed E-state index contributed by atoms with van der Waals surface area (Å²) in [6.45, 7) is 15.8. The number of nitrogens with one attached hydrogen (secondary N) is 1. The van der Waals surface area contributed by atoms with Crippen molar-refractivity contribution in [2.75, 3.05) is 0 Å². The van der Waals surface area contributed by atoms with Gasteiger partial charge in [0, 0.05) is 47.8 Å². The predicted molar refractivity (Wildman–Crippen MR) is 91.6 cm³/mol. The standard InChI is InChI=1S/C9H17NO2.C9H17NO/c1-8(2)5-7(11)6-9(3,4)10(8)12;1-8(2)5-7(11)6-9(3,4)10-8/h12H,5-6H2,1-4H3;10H,5-6H2,1-4H3. The maximum atomic E-state index is 11.3. The van der Waals surface area contributed by atoms with Crippen molar-refractivity contribution in [3.63, 3.8) is 0 Å². The molecule has 134 valence electrons. The highest BCUT2D eigenvalue weighted by molar-refractivity contribution is 5.82. The Hall–Kier alpha value is -0.780. The first-order chi connectivity index (χ1) is 10.1. The minimum absolute atomic E-state index is 0.0150. The molecular formula is C18H34N2O3. The molecular weight excluding hydrogens is 292 g/mol. The Balaban J connectivity index is 0.000000231. The summed E-state index contributed by atoms with van der Waals surface area (Å²) >= 11 is 0. The number of hydroxylamine groups is 2. The van der Waals surface area contributed by atoms with E-state index in [-0.39, 0.29) is 16.9 Å². The van der Waals surface area contributed by atoms with Crippen LogP contribution in [0.5, 0.6) is 0 Å². The first-order valence-corrected chi connectivity index (χ1v) is 8.38. The van der Waals surface area contributed by atoms with Crippen LogP contribution in [0, 0.1) is 0 Å². The van der Waals surface area contributed by atoms with E-state index >= 15 is 0 Å². The summed E-state index contributed by atoms with van der Waals surface area (Å²) in [7, 11) is 0. The average Bonchev–Trinajstić information content (AvgIpc) is 2.19. The molecule has 0 radical (unpaired) electrons. The summed E-state index contributed by atoms with van der Waals surface area (Å²) < 4.78 is 0. The van der Waals surface area contributed by atoms with Gasteiger partial charge in [0.1, 0.15) is 11.6 Å². The number of Topliss-reactive ketones (excluding diaryl/α,β-unsaturated/α-hetero) is 2. The van der Waals surface area contributed by atoms with Gasteiger partial charge in [-0.25, -0.2) is 0 Å². The van der Waals surface area contributed by atoms with Crippen LogP contribution in [0.1, 0.15) is 81.1 Å². The maximum absolute atomic E-state index is 11.3. The van der Waals surface area contributed by atoms with E-state index in [0.29, 0.717) is 31.5 Å². The molecule has 0 amide bonds. The van der Waals surface area contributed by atoms with E-state index in [2.05, 4.69) is 33.0 Å². The normalized spacial score (nSPS) is 28.7. The van der Waals surface area contributed by atoms with Crippen molar-refractivity contribution in [1.29, 1.82) is 0 Å². The van der Waals surface area contributed by atoms with Gasteiger partial charge in [-0.15, -0.1) is 0 Å². The molecule has 0 saturated carbocycles. The molecule has 0 atom stereocenters. The maximum Gasteiger partial charge on any atom is 0.136 e. The molecule has 23 heavy (non-hydrogen) atoms.